The molecule has 0 radical (unpaired) electrons. The minimum atomic E-state index is -2.62. The average molecular weight is 790 g/mol. The molecule has 0 unspecified atom stereocenters. The number of nitrogens with zero attached hydrogens (tertiary/aromatic N) is 2. The van der Waals surface area contributed by atoms with E-state index in [1.54, 1.807) is 35.1 Å². The first-order valence-electron chi connectivity index (χ1n) is 19.1. The average Bonchev–Trinajstić information content (AvgIpc) is 3.86. The largest absolute Gasteiger partial charge is 0.497 e. The van der Waals surface area contributed by atoms with Crippen molar-refractivity contribution in [2.75, 3.05) is 30.5 Å². The molecular formula is C41H51N3O11Si. The summed E-state index contributed by atoms with van der Waals surface area (Å²) in [6.07, 6.45) is -8.29. The lowest BCUT2D eigenvalue weighted by molar-refractivity contribution is -0.274. The summed E-state index contributed by atoms with van der Waals surface area (Å²) in [5.41, 5.74) is 0.349. The number of ether oxygens (including phenoxy) is 3. The Balaban J connectivity index is 1.31. The highest BCUT2D eigenvalue weighted by molar-refractivity contribution is 6.91. The number of nitrogens with one attached hydrogen (secondary N) is 1. The molecule has 3 amide bonds. The van der Waals surface area contributed by atoms with Crippen LogP contribution in [0.25, 0.3) is 0 Å². The molecule has 15 heteroatoms. The quantitative estimate of drug-likeness (QED) is 0.163. The van der Waals surface area contributed by atoms with Gasteiger partial charge in [0.25, 0.3) is 11.8 Å². The van der Waals surface area contributed by atoms with Crippen molar-refractivity contribution >= 4 is 42.4 Å². The maximum Gasteiger partial charge on any atom is 0.264 e. The molecule has 4 aliphatic rings. The fourth-order valence-corrected chi connectivity index (χ4v) is 13.5. The second-order valence-electron chi connectivity index (χ2n) is 15.9. The summed E-state index contributed by atoms with van der Waals surface area (Å²) in [6, 6.07) is 22.2. The van der Waals surface area contributed by atoms with E-state index in [0.717, 1.165) is 17.2 Å². The van der Waals surface area contributed by atoms with Crippen molar-refractivity contribution in [3.05, 3.63) is 83.9 Å². The van der Waals surface area contributed by atoms with Gasteiger partial charge in [-0.3, -0.25) is 14.4 Å². The summed E-state index contributed by atoms with van der Waals surface area (Å²) in [4.78, 5) is 46.3. The highest BCUT2D eigenvalue weighted by Crippen LogP contribution is 2.60. The third kappa shape index (κ3) is 6.83. The van der Waals surface area contributed by atoms with Crippen LogP contribution in [-0.2, 0) is 36.0 Å². The Morgan fingerprint density at radius 2 is 1.70 bits per heavy atom. The van der Waals surface area contributed by atoms with Gasteiger partial charge in [-0.25, -0.2) is 0 Å². The highest BCUT2D eigenvalue weighted by atomic mass is 28.3. The van der Waals surface area contributed by atoms with E-state index in [1.807, 2.05) is 61.5 Å². The number of fused-ring (bicyclic) bond motifs is 2. The third-order valence-corrected chi connectivity index (χ3v) is 16.8. The van der Waals surface area contributed by atoms with Crippen LogP contribution < -0.4 is 20.1 Å². The third-order valence-electron chi connectivity index (χ3n) is 12.4. The molecule has 0 saturated carbocycles. The number of carbonyl (C=O) groups excluding carboxylic acids is 3. The smallest absolute Gasteiger partial charge is 0.264 e. The van der Waals surface area contributed by atoms with E-state index in [0.29, 0.717) is 30.0 Å². The molecule has 3 aromatic carbocycles. The Morgan fingerprint density at radius 1 is 0.982 bits per heavy atom. The van der Waals surface area contributed by atoms with E-state index in [2.05, 4.69) is 18.4 Å². The van der Waals surface area contributed by atoms with Crippen LogP contribution in [0.4, 0.5) is 11.4 Å². The molecule has 7 rings (SSSR count). The standard InChI is InChI=1S/C41H51N3O11Si/c1-23-37(56(3,4)28-15-13-27(53-2)14-16-28)31(20-32(46)43-18-8-11-26(43)22-45)55-41(23)29-19-25(42-38(50)36-34(48)33(47)35(49)39(51)54-36)12-17-30(29)44(40(41)52)21-24-9-6-5-7-10-24/h5-7,9-10,12-17,19,23,26,31,33-37,39,45,47-49,51H,8,11,18,20-22H2,1-4H3,(H,42,50)/t23-,26+,31+,33+,34+,35-,36+,37-,39-,41+/m1/s1. The van der Waals surface area contributed by atoms with Crippen LogP contribution in [-0.4, -0.2) is 119 Å². The number of amides is 3. The molecule has 0 bridgehead atoms. The van der Waals surface area contributed by atoms with Crippen LogP contribution in [0.5, 0.6) is 5.75 Å². The number of hydrogen-bond donors (Lipinski definition) is 6. The van der Waals surface area contributed by atoms with Crippen LogP contribution in [0.15, 0.2) is 72.8 Å². The van der Waals surface area contributed by atoms with E-state index in [4.69, 9.17) is 14.2 Å². The van der Waals surface area contributed by atoms with Crippen LogP contribution in [0.1, 0.15) is 37.3 Å². The van der Waals surface area contributed by atoms with Crippen molar-refractivity contribution in [3.8, 4) is 5.75 Å². The molecule has 6 N–H and O–H groups in total. The Labute approximate surface area is 326 Å². The number of benzene rings is 3. The Bertz CT molecular complexity index is 1930. The summed E-state index contributed by atoms with van der Waals surface area (Å²) >= 11 is 0. The summed E-state index contributed by atoms with van der Waals surface area (Å²) in [5, 5.41) is 54.7. The van der Waals surface area contributed by atoms with Crippen molar-refractivity contribution < 1.29 is 54.1 Å². The van der Waals surface area contributed by atoms with Crippen molar-refractivity contribution in [1.29, 1.82) is 0 Å². The van der Waals surface area contributed by atoms with Gasteiger partial charge < -0.3 is 54.9 Å². The van der Waals surface area contributed by atoms with Crippen LogP contribution in [0.2, 0.25) is 18.6 Å². The first-order chi connectivity index (χ1) is 26.7. The predicted octanol–water partition coefficient (Wildman–Crippen LogP) is 1.57. The molecule has 3 aromatic rings. The van der Waals surface area contributed by atoms with E-state index in [9.17, 15) is 35.1 Å². The van der Waals surface area contributed by atoms with E-state index < -0.39 is 62.3 Å². The molecule has 3 fully saturated rings. The fourth-order valence-electron chi connectivity index (χ4n) is 9.45. The Morgan fingerprint density at radius 3 is 2.38 bits per heavy atom. The molecule has 1 spiro atoms. The molecule has 4 aliphatic heterocycles. The van der Waals surface area contributed by atoms with Crippen LogP contribution >= 0.6 is 0 Å². The normalized spacial score (nSPS) is 31.5. The maximum absolute atomic E-state index is 15.3. The monoisotopic (exact) mass is 789 g/mol. The number of rotatable bonds is 10. The number of aliphatic hydroxyl groups excluding tert-OH is 5. The van der Waals surface area contributed by atoms with E-state index in [1.165, 1.54) is 0 Å². The summed E-state index contributed by atoms with van der Waals surface area (Å²) in [7, 11) is -1.02. The summed E-state index contributed by atoms with van der Waals surface area (Å²) in [5.74, 6) is -1.09. The second-order valence-corrected chi connectivity index (χ2v) is 20.6. The van der Waals surface area contributed by atoms with E-state index in [-0.39, 0.29) is 48.7 Å². The SMILES string of the molecule is COc1ccc([Si](C)(C)[C@H]2[C@H](CC(=O)N3CCC[C@H]3CO)O[C@@]3(C(=O)N(Cc4ccccc4)c4ccc(NC(=O)[C@H]5O[C@@H](O)[C@H](O)[C@@H](O)[C@@H]5O)cc43)[C@@H]2C)cc1. The fraction of sp³-hybridized carbons (Fsp3) is 0.488. The Kier molecular flexibility index (Phi) is 11.2. The van der Waals surface area contributed by atoms with E-state index >= 15 is 4.79 Å². The molecule has 3 saturated heterocycles. The number of hydrogen-bond acceptors (Lipinski definition) is 11. The van der Waals surface area contributed by atoms with Gasteiger partial charge in [-0.15, -0.1) is 0 Å². The van der Waals surface area contributed by atoms with Gasteiger partial charge in [0.05, 0.1) is 52.6 Å². The van der Waals surface area contributed by atoms with Crippen molar-refractivity contribution in [2.45, 2.75) is 99.8 Å². The summed E-state index contributed by atoms with van der Waals surface area (Å²) in [6.45, 7) is 7.06. The lowest BCUT2D eigenvalue weighted by Crippen LogP contribution is -2.60. The molecule has 0 aromatic heterocycles. The van der Waals surface area contributed by atoms with Gasteiger partial charge in [0.2, 0.25) is 5.91 Å². The van der Waals surface area contributed by atoms with Gasteiger partial charge in [-0.05, 0) is 54.3 Å². The van der Waals surface area contributed by atoms with Gasteiger partial charge >= 0.3 is 0 Å². The minimum Gasteiger partial charge on any atom is -0.497 e. The first-order valence-corrected chi connectivity index (χ1v) is 22.2. The molecule has 56 heavy (non-hydrogen) atoms. The lowest BCUT2D eigenvalue weighted by atomic mass is 9.82. The maximum atomic E-state index is 15.3. The zero-order valence-corrected chi connectivity index (χ0v) is 32.9. The van der Waals surface area contributed by atoms with Gasteiger partial charge in [-0.2, -0.15) is 0 Å². The van der Waals surface area contributed by atoms with Gasteiger partial charge in [0.15, 0.2) is 18.0 Å². The van der Waals surface area contributed by atoms with Crippen LogP contribution in [0, 0.1) is 5.92 Å². The molecule has 4 heterocycles. The Hall–Kier alpha value is -4.19. The number of aliphatic hydroxyl groups is 5. The van der Waals surface area contributed by atoms with Gasteiger partial charge in [-0.1, -0.05) is 67.7 Å². The molecule has 300 valence electrons. The number of methoxy groups -OCH3 is 1. The molecule has 0 aliphatic carbocycles. The zero-order valence-electron chi connectivity index (χ0n) is 31.9. The minimum absolute atomic E-state index is 0.00494. The molecule has 14 nitrogen and oxygen atoms in total. The van der Waals surface area contributed by atoms with Crippen molar-refractivity contribution in [3.63, 3.8) is 0 Å². The van der Waals surface area contributed by atoms with Crippen molar-refractivity contribution in [1.82, 2.24) is 4.90 Å². The lowest BCUT2D eigenvalue weighted by Gasteiger charge is -2.37. The number of carbonyl (C=O) groups is 3. The molecule has 10 atom stereocenters. The second kappa shape index (κ2) is 15.6. The molecular weight excluding hydrogens is 739 g/mol. The predicted molar refractivity (Wildman–Crippen MR) is 208 cm³/mol. The number of anilines is 2. The van der Waals surface area contributed by atoms with Gasteiger partial charge in [0.1, 0.15) is 24.1 Å². The number of likely N-dealkylation sites (tertiary alicyclic amines) is 1. The van der Waals surface area contributed by atoms with Crippen LogP contribution in [0.3, 0.4) is 0 Å². The summed E-state index contributed by atoms with van der Waals surface area (Å²) < 4.78 is 17.8. The zero-order chi connectivity index (χ0) is 40.1. The first kappa shape index (κ1) is 40.0. The van der Waals surface area contributed by atoms with Gasteiger partial charge in [0, 0.05) is 23.7 Å². The van der Waals surface area contributed by atoms with Crippen molar-refractivity contribution in [2.24, 2.45) is 5.92 Å². The topological polar surface area (TPSA) is 199 Å². The highest BCUT2D eigenvalue weighted by Gasteiger charge is 2.66.